The SMILES string of the molecule is CN1C(=O)CCC[C@@H]2CN(Cc3cnn(C)c3)CC[C@H]21. The molecule has 3 rings (SSSR count). The van der Waals surface area contributed by atoms with Crippen molar-refractivity contribution in [2.75, 3.05) is 20.1 Å². The largest absolute Gasteiger partial charge is 0.342 e. The van der Waals surface area contributed by atoms with Crippen molar-refractivity contribution in [1.82, 2.24) is 19.6 Å². The number of likely N-dealkylation sites (tertiary alicyclic amines) is 2. The van der Waals surface area contributed by atoms with Gasteiger partial charge in [-0.1, -0.05) is 0 Å². The second-order valence-electron chi connectivity index (χ2n) is 6.27. The Morgan fingerprint density at radius 2 is 2.20 bits per heavy atom. The third-order valence-corrected chi connectivity index (χ3v) is 4.80. The molecule has 0 radical (unpaired) electrons. The zero-order valence-corrected chi connectivity index (χ0v) is 12.5. The van der Waals surface area contributed by atoms with E-state index in [0.29, 0.717) is 17.9 Å². The van der Waals surface area contributed by atoms with E-state index < -0.39 is 0 Å². The zero-order valence-electron chi connectivity index (χ0n) is 12.5. The van der Waals surface area contributed by atoms with E-state index in [1.807, 2.05) is 29.9 Å². The first-order chi connectivity index (χ1) is 9.63. The van der Waals surface area contributed by atoms with Crippen LogP contribution < -0.4 is 0 Å². The number of aromatic nitrogens is 2. The van der Waals surface area contributed by atoms with Crippen molar-refractivity contribution in [3.63, 3.8) is 0 Å². The summed E-state index contributed by atoms with van der Waals surface area (Å²) in [7, 11) is 3.95. The number of amides is 1. The van der Waals surface area contributed by atoms with Crippen molar-refractivity contribution < 1.29 is 4.79 Å². The van der Waals surface area contributed by atoms with E-state index in [0.717, 1.165) is 38.9 Å². The molecule has 2 aliphatic heterocycles. The molecule has 20 heavy (non-hydrogen) atoms. The normalized spacial score (nSPS) is 28.3. The molecule has 1 amide bonds. The summed E-state index contributed by atoms with van der Waals surface area (Å²) in [4.78, 5) is 16.5. The Labute approximate surface area is 120 Å². The Bertz CT molecular complexity index is 484. The first-order valence-electron chi connectivity index (χ1n) is 7.59. The maximum Gasteiger partial charge on any atom is 0.222 e. The van der Waals surface area contributed by atoms with E-state index in [-0.39, 0.29) is 0 Å². The van der Waals surface area contributed by atoms with E-state index >= 15 is 0 Å². The fraction of sp³-hybridized carbons (Fsp3) is 0.733. The minimum Gasteiger partial charge on any atom is -0.342 e. The van der Waals surface area contributed by atoms with Crippen LogP contribution in [0.3, 0.4) is 0 Å². The van der Waals surface area contributed by atoms with Crippen molar-refractivity contribution in [2.45, 2.75) is 38.3 Å². The number of aryl methyl sites for hydroxylation is 1. The Hall–Kier alpha value is -1.36. The van der Waals surface area contributed by atoms with Crippen LogP contribution in [0.25, 0.3) is 0 Å². The van der Waals surface area contributed by atoms with Crippen molar-refractivity contribution >= 4 is 5.91 Å². The van der Waals surface area contributed by atoms with Crippen LogP contribution in [0.15, 0.2) is 12.4 Å². The monoisotopic (exact) mass is 276 g/mol. The molecule has 110 valence electrons. The van der Waals surface area contributed by atoms with Crippen molar-refractivity contribution in [3.8, 4) is 0 Å². The number of rotatable bonds is 2. The molecule has 0 spiro atoms. The Kier molecular flexibility index (Phi) is 3.78. The summed E-state index contributed by atoms with van der Waals surface area (Å²) in [6.45, 7) is 3.17. The molecule has 0 aromatic carbocycles. The van der Waals surface area contributed by atoms with E-state index in [4.69, 9.17) is 0 Å². The third-order valence-electron chi connectivity index (χ3n) is 4.80. The van der Waals surface area contributed by atoms with Gasteiger partial charge in [-0.3, -0.25) is 14.4 Å². The fourth-order valence-electron chi connectivity index (χ4n) is 3.72. The molecule has 2 atom stereocenters. The van der Waals surface area contributed by atoms with Crippen molar-refractivity contribution in [3.05, 3.63) is 18.0 Å². The smallest absolute Gasteiger partial charge is 0.222 e. The van der Waals surface area contributed by atoms with Gasteiger partial charge in [0, 0.05) is 58.0 Å². The van der Waals surface area contributed by atoms with Gasteiger partial charge in [-0.15, -0.1) is 0 Å². The maximum atomic E-state index is 11.9. The zero-order chi connectivity index (χ0) is 14.1. The first-order valence-corrected chi connectivity index (χ1v) is 7.59. The highest BCUT2D eigenvalue weighted by Gasteiger charge is 2.35. The number of nitrogens with zero attached hydrogens (tertiary/aromatic N) is 4. The molecule has 1 aromatic heterocycles. The molecule has 0 unspecified atom stereocenters. The van der Waals surface area contributed by atoms with Gasteiger partial charge in [-0.25, -0.2) is 0 Å². The average Bonchev–Trinajstić information content (AvgIpc) is 2.77. The van der Waals surface area contributed by atoms with Crippen molar-refractivity contribution in [2.24, 2.45) is 13.0 Å². The van der Waals surface area contributed by atoms with Crippen LogP contribution in [0.5, 0.6) is 0 Å². The molecule has 5 nitrogen and oxygen atoms in total. The summed E-state index contributed by atoms with van der Waals surface area (Å²) in [6.07, 6.45) is 8.11. The number of carbonyl (C=O) groups is 1. The molecule has 0 bridgehead atoms. The number of hydrogen-bond donors (Lipinski definition) is 0. The Balaban J connectivity index is 1.64. The standard InChI is InChI=1S/C15H24N4O/c1-17-9-12(8-16-17)10-19-7-6-14-13(11-19)4-3-5-15(20)18(14)2/h8-9,13-14H,3-7,10-11H2,1-2H3/t13-,14-/m1/s1. The molecule has 1 aromatic rings. The summed E-state index contributed by atoms with van der Waals surface area (Å²) in [5.74, 6) is 0.968. The first kappa shape index (κ1) is 13.6. The lowest BCUT2D eigenvalue weighted by atomic mass is 9.88. The van der Waals surface area contributed by atoms with Crippen LogP contribution in [0.2, 0.25) is 0 Å². The lowest BCUT2D eigenvalue weighted by Crippen LogP contribution is -2.50. The number of carbonyl (C=O) groups excluding carboxylic acids is 1. The number of fused-ring (bicyclic) bond motifs is 1. The second-order valence-corrected chi connectivity index (χ2v) is 6.27. The van der Waals surface area contributed by atoms with Gasteiger partial charge in [0.1, 0.15) is 0 Å². The minimum absolute atomic E-state index is 0.332. The molecule has 3 heterocycles. The van der Waals surface area contributed by atoms with E-state index in [9.17, 15) is 4.79 Å². The minimum atomic E-state index is 0.332. The summed E-state index contributed by atoms with van der Waals surface area (Å²) in [6, 6.07) is 0.454. The van der Waals surface area contributed by atoms with Crippen LogP contribution in [-0.2, 0) is 18.4 Å². The molecule has 2 fully saturated rings. The lowest BCUT2D eigenvalue weighted by Gasteiger charge is -2.41. The molecular weight excluding hydrogens is 252 g/mol. The van der Waals surface area contributed by atoms with Crippen molar-refractivity contribution in [1.29, 1.82) is 0 Å². The van der Waals surface area contributed by atoms with E-state index in [1.54, 1.807) is 0 Å². The number of piperidine rings is 1. The van der Waals surface area contributed by atoms with Crippen LogP contribution in [0, 0.1) is 5.92 Å². The van der Waals surface area contributed by atoms with Gasteiger partial charge in [0.05, 0.1) is 6.20 Å². The van der Waals surface area contributed by atoms with Gasteiger partial charge in [-0.2, -0.15) is 5.10 Å². The van der Waals surface area contributed by atoms with Crippen LogP contribution in [0.4, 0.5) is 0 Å². The topological polar surface area (TPSA) is 41.4 Å². The predicted molar refractivity (Wildman–Crippen MR) is 77.0 cm³/mol. The predicted octanol–water partition coefficient (Wildman–Crippen LogP) is 1.25. The molecule has 0 N–H and O–H groups in total. The molecular formula is C15H24N4O. The van der Waals surface area contributed by atoms with Crippen LogP contribution >= 0.6 is 0 Å². The third kappa shape index (κ3) is 2.73. The summed E-state index contributed by atoms with van der Waals surface area (Å²) >= 11 is 0. The van der Waals surface area contributed by atoms with Crippen LogP contribution in [0.1, 0.15) is 31.2 Å². The van der Waals surface area contributed by atoms with Gasteiger partial charge in [0.25, 0.3) is 0 Å². The van der Waals surface area contributed by atoms with Crippen LogP contribution in [-0.4, -0.2) is 51.7 Å². The molecule has 2 aliphatic rings. The Morgan fingerprint density at radius 3 is 2.95 bits per heavy atom. The highest BCUT2D eigenvalue weighted by Crippen LogP contribution is 2.30. The summed E-state index contributed by atoms with van der Waals surface area (Å²) in [5.41, 5.74) is 1.28. The van der Waals surface area contributed by atoms with Gasteiger partial charge in [0.2, 0.25) is 5.91 Å². The quantitative estimate of drug-likeness (QED) is 0.816. The highest BCUT2D eigenvalue weighted by atomic mass is 16.2. The van der Waals surface area contributed by atoms with E-state index in [2.05, 4.69) is 16.2 Å². The lowest BCUT2D eigenvalue weighted by molar-refractivity contribution is -0.132. The van der Waals surface area contributed by atoms with Gasteiger partial charge in [0.15, 0.2) is 0 Å². The molecule has 2 saturated heterocycles. The summed E-state index contributed by atoms with van der Waals surface area (Å²) in [5, 5.41) is 4.24. The van der Waals surface area contributed by atoms with E-state index in [1.165, 1.54) is 12.0 Å². The highest BCUT2D eigenvalue weighted by molar-refractivity contribution is 5.76. The molecule has 0 aliphatic carbocycles. The van der Waals surface area contributed by atoms with Gasteiger partial charge < -0.3 is 4.90 Å². The molecule has 0 saturated carbocycles. The maximum absolute atomic E-state index is 11.9. The fourth-order valence-corrected chi connectivity index (χ4v) is 3.72. The van der Waals surface area contributed by atoms with Gasteiger partial charge >= 0.3 is 0 Å². The second kappa shape index (κ2) is 5.56. The Morgan fingerprint density at radius 1 is 1.35 bits per heavy atom. The summed E-state index contributed by atoms with van der Waals surface area (Å²) < 4.78 is 1.86. The average molecular weight is 276 g/mol. The molecule has 5 heteroatoms. The number of hydrogen-bond acceptors (Lipinski definition) is 3. The van der Waals surface area contributed by atoms with Gasteiger partial charge in [-0.05, 0) is 25.2 Å².